The summed E-state index contributed by atoms with van der Waals surface area (Å²) in [6, 6.07) is 0.0668. The molecule has 0 aliphatic carbocycles. The third-order valence-electron chi connectivity index (χ3n) is 1.66. The molecule has 1 heterocycles. The van der Waals surface area contributed by atoms with Crippen LogP contribution in [0.3, 0.4) is 0 Å². The smallest absolute Gasteiger partial charge is 0.0956 e. The first kappa shape index (κ1) is 7.34. The van der Waals surface area contributed by atoms with Crippen molar-refractivity contribution in [2.24, 2.45) is 5.11 Å². The molecule has 0 aromatic rings. The van der Waals surface area contributed by atoms with E-state index in [0.717, 1.165) is 13.0 Å². The van der Waals surface area contributed by atoms with Crippen LogP contribution in [0.4, 0.5) is 0 Å². The summed E-state index contributed by atoms with van der Waals surface area (Å²) in [6.07, 6.45) is 0.866. The maximum Gasteiger partial charge on any atom is 0.0956 e. The van der Waals surface area contributed by atoms with Crippen LogP contribution in [0.25, 0.3) is 10.4 Å². The molecule has 10 heavy (non-hydrogen) atoms. The first-order chi connectivity index (χ1) is 4.86. The van der Waals surface area contributed by atoms with Gasteiger partial charge in [0.1, 0.15) is 0 Å². The fraction of sp³-hybridized carbons (Fsp3) is 1.00. The molecule has 5 nitrogen and oxygen atoms in total. The van der Waals surface area contributed by atoms with Crippen LogP contribution in [-0.4, -0.2) is 35.9 Å². The predicted octanol–water partition coefficient (Wildman–Crippen LogP) is 0.321. The van der Waals surface area contributed by atoms with Gasteiger partial charge in [0.15, 0.2) is 0 Å². The Balaban J connectivity index is 2.35. The van der Waals surface area contributed by atoms with Gasteiger partial charge in [-0.1, -0.05) is 5.11 Å². The molecular weight excluding hydrogens is 132 g/mol. The van der Waals surface area contributed by atoms with Crippen LogP contribution in [0.15, 0.2) is 5.11 Å². The van der Waals surface area contributed by atoms with E-state index in [2.05, 4.69) is 10.0 Å². The fourth-order valence-electron chi connectivity index (χ4n) is 1.11. The standard InChI is InChI=1S/C5H10N4O/c6-8-7-5-1-2-9(3-5)4-10/h5,10H,1-4H2. The van der Waals surface area contributed by atoms with Gasteiger partial charge in [-0.3, -0.25) is 4.90 Å². The molecule has 1 rings (SSSR count). The number of nitrogens with zero attached hydrogens (tertiary/aromatic N) is 4. The van der Waals surface area contributed by atoms with Crippen molar-refractivity contribution in [1.82, 2.24) is 4.90 Å². The van der Waals surface area contributed by atoms with Gasteiger partial charge in [0, 0.05) is 18.0 Å². The Labute approximate surface area is 58.9 Å². The molecule has 0 amide bonds. The van der Waals surface area contributed by atoms with Crippen LogP contribution in [0.2, 0.25) is 0 Å². The molecule has 0 spiro atoms. The van der Waals surface area contributed by atoms with Crippen LogP contribution < -0.4 is 0 Å². The minimum absolute atomic E-state index is 0.0668. The van der Waals surface area contributed by atoms with Crippen molar-refractivity contribution >= 4 is 0 Å². The van der Waals surface area contributed by atoms with E-state index in [9.17, 15) is 0 Å². The Hall–Kier alpha value is -0.770. The van der Waals surface area contributed by atoms with E-state index in [1.54, 1.807) is 0 Å². The summed E-state index contributed by atoms with van der Waals surface area (Å²) in [5.41, 5.74) is 8.06. The van der Waals surface area contributed by atoms with Gasteiger partial charge in [-0.2, -0.15) is 0 Å². The Kier molecular flexibility index (Phi) is 2.50. The van der Waals surface area contributed by atoms with E-state index < -0.39 is 0 Å². The second-order valence-electron chi connectivity index (χ2n) is 2.37. The number of hydrogen-bond acceptors (Lipinski definition) is 3. The Morgan fingerprint density at radius 1 is 1.80 bits per heavy atom. The molecule has 0 aromatic carbocycles. The maximum absolute atomic E-state index is 8.64. The minimum Gasteiger partial charge on any atom is -0.381 e. The summed E-state index contributed by atoms with van der Waals surface area (Å²) in [4.78, 5) is 4.55. The van der Waals surface area contributed by atoms with Crippen molar-refractivity contribution in [2.75, 3.05) is 19.8 Å². The second-order valence-corrected chi connectivity index (χ2v) is 2.37. The maximum atomic E-state index is 8.64. The predicted molar refractivity (Wildman–Crippen MR) is 36.2 cm³/mol. The van der Waals surface area contributed by atoms with Gasteiger partial charge < -0.3 is 5.11 Å². The summed E-state index contributed by atoms with van der Waals surface area (Å²) in [6.45, 7) is 1.60. The molecule has 1 saturated heterocycles. The highest BCUT2D eigenvalue weighted by Crippen LogP contribution is 2.10. The molecule has 0 saturated carbocycles. The lowest BCUT2D eigenvalue weighted by Crippen LogP contribution is -2.22. The SMILES string of the molecule is [N-]=[N+]=NC1CCN(CO)C1. The van der Waals surface area contributed by atoms with Gasteiger partial charge in [0.05, 0.1) is 12.8 Å². The van der Waals surface area contributed by atoms with Crippen molar-refractivity contribution < 1.29 is 5.11 Å². The number of rotatable bonds is 2. The quantitative estimate of drug-likeness (QED) is 0.342. The van der Waals surface area contributed by atoms with Crippen LogP contribution in [-0.2, 0) is 0 Å². The largest absolute Gasteiger partial charge is 0.381 e. The molecule has 1 fully saturated rings. The lowest BCUT2D eigenvalue weighted by Gasteiger charge is -2.08. The molecule has 0 radical (unpaired) electrons. The summed E-state index contributed by atoms with van der Waals surface area (Å²) in [5.74, 6) is 0. The molecule has 1 aliphatic rings. The first-order valence-electron chi connectivity index (χ1n) is 3.24. The minimum atomic E-state index is 0.0668. The first-order valence-corrected chi connectivity index (χ1v) is 3.24. The van der Waals surface area contributed by atoms with Crippen LogP contribution in [0, 0.1) is 0 Å². The van der Waals surface area contributed by atoms with Crippen molar-refractivity contribution in [2.45, 2.75) is 12.5 Å². The van der Waals surface area contributed by atoms with Crippen LogP contribution in [0.1, 0.15) is 6.42 Å². The topological polar surface area (TPSA) is 72.2 Å². The van der Waals surface area contributed by atoms with Gasteiger partial charge in [0.2, 0.25) is 0 Å². The van der Waals surface area contributed by atoms with E-state index >= 15 is 0 Å². The molecule has 0 bridgehead atoms. The third kappa shape index (κ3) is 1.60. The molecular formula is C5H10N4O. The third-order valence-corrected chi connectivity index (χ3v) is 1.66. The van der Waals surface area contributed by atoms with Gasteiger partial charge in [-0.05, 0) is 12.0 Å². The molecule has 56 valence electrons. The number of likely N-dealkylation sites (tertiary alicyclic amines) is 1. The fourth-order valence-corrected chi connectivity index (χ4v) is 1.11. The summed E-state index contributed by atoms with van der Waals surface area (Å²) < 4.78 is 0. The summed E-state index contributed by atoms with van der Waals surface area (Å²) in [7, 11) is 0. The zero-order valence-electron chi connectivity index (χ0n) is 5.64. The number of aliphatic hydroxyl groups is 1. The number of hydrogen-bond donors (Lipinski definition) is 1. The van der Waals surface area contributed by atoms with Crippen LogP contribution in [0.5, 0.6) is 0 Å². The molecule has 5 heteroatoms. The highest BCUT2D eigenvalue weighted by Gasteiger charge is 2.19. The Morgan fingerprint density at radius 2 is 2.60 bits per heavy atom. The Morgan fingerprint density at radius 3 is 3.10 bits per heavy atom. The monoisotopic (exact) mass is 142 g/mol. The highest BCUT2D eigenvalue weighted by molar-refractivity contribution is 4.79. The van der Waals surface area contributed by atoms with Crippen LogP contribution >= 0.6 is 0 Å². The molecule has 0 aromatic heterocycles. The molecule has 1 atom stereocenters. The highest BCUT2D eigenvalue weighted by atomic mass is 16.3. The summed E-state index contributed by atoms with van der Waals surface area (Å²) >= 11 is 0. The van der Waals surface area contributed by atoms with Gasteiger partial charge in [0.25, 0.3) is 0 Å². The van der Waals surface area contributed by atoms with E-state index in [1.807, 2.05) is 4.90 Å². The average Bonchev–Trinajstić information content (AvgIpc) is 2.37. The van der Waals surface area contributed by atoms with E-state index in [4.69, 9.17) is 10.6 Å². The summed E-state index contributed by atoms with van der Waals surface area (Å²) in [5, 5.41) is 12.2. The van der Waals surface area contributed by atoms with Crippen molar-refractivity contribution in [3.63, 3.8) is 0 Å². The normalized spacial score (nSPS) is 26.3. The zero-order chi connectivity index (χ0) is 7.40. The lowest BCUT2D eigenvalue weighted by atomic mass is 10.3. The molecule has 1 unspecified atom stereocenters. The van der Waals surface area contributed by atoms with E-state index in [1.165, 1.54) is 0 Å². The van der Waals surface area contributed by atoms with Gasteiger partial charge in [-0.25, -0.2) is 0 Å². The average molecular weight is 142 g/mol. The van der Waals surface area contributed by atoms with Crippen molar-refractivity contribution in [3.8, 4) is 0 Å². The second kappa shape index (κ2) is 3.41. The molecule has 1 aliphatic heterocycles. The number of aliphatic hydroxyl groups excluding tert-OH is 1. The van der Waals surface area contributed by atoms with Gasteiger partial charge in [-0.15, -0.1) is 0 Å². The number of azide groups is 1. The lowest BCUT2D eigenvalue weighted by molar-refractivity contribution is 0.130. The van der Waals surface area contributed by atoms with E-state index in [-0.39, 0.29) is 12.8 Å². The van der Waals surface area contributed by atoms with Crippen molar-refractivity contribution in [3.05, 3.63) is 10.4 Å². The zero-order valence-corrected chi connectivity index (χ0v) is 5.64. The Bertz CT molecular complexity index is 154. The molecule has 1 N–H and O–H groups in total. The van der Waals surface area contributed by atoms with Gasteiger partial charge >= 0.3 is 0 Å². The van der Waals surface area contributed by atoms with E-state index in [0.29, 0.717) is 6.54 Å². The van der Waals surface area contributed by atoms with Crippen molar-refractivity contribution in [1.29, 1.82) is 0 Å².